The fourth-order valence-electron chi connectivity index (χ4n) is 1.87. The van der Waals surface area contributed by atoms with E-state index in [1.165, 1.54) is 0 Å². The number of pyridine rings is 1. The highest BCUT2D eigenvalue weighted by molar-refractivity contribution is 5.77. The maximum Gasteiger partial charge on any atom is 0.153 e. The number of aromatic nitrogens is 3. The first-order chi connectivity index (χ1) is 8.22. The lowest BCUT2D eigenvalue weighted by molar-refractivity contribution is 0.112. The molecule has 0 aliphatic rings. The molecule has 88 valence electrons. The van der Waals surface area contributed by atoms with Gasteiger partial charge in [0, 0.05) is 30.6 Å². The van der Waals surface area contributed by atoms with Crippen molar-refractivity contribution in [2.24, 2.45) is 0 Å². The summed E-state index contributed by atoms with van der Waals surface area (Å²) in [5, 5.41) is 4.35. The summed E-state index contributed by atoms with van der Waals surface area (Å²) in [5.74, 6) is 0. The Labute approximate surface area is 100 Å². The van der Waals surface area contributed by atoms with Crippen molar-refractivity contribution >= 4 is 6.29 Å². The number of aldehydes is 1. The van der Waals surface area contributed by atoms with Gasteiger partial charge in [0.25, 0.3) is 0 Å². The van der Waals surface area contributed by atoms with Gasteiger partial charge in [-0.15, -0.1) is 0 Å². The summed E-state index contributed by atoms with van der Waals surface area (Å²) < 4.78 is 1.87. The Balaban J connectivity index is 2.12. The molecule has 0 spiro atoms. The normalized spacial score (nSPS) is 10.5. The molecule has 0 unspecified atom stereocenters. The van der Waals surface area contributed by atoms with Crippen LogP contribution in [0.2, 0.25) is 0 Å². The number of aryl methyl sites for hydroxylation is 3. The first-order valence-electron chi connectivity index (χ1n) is 5.61. The third-order valence-corrected chi connectivity index (χ3v) is 2.86. The average molecular weight is 229 g/mol. The third kappa shape index (κ3) is 2.41. The Morgan fingerprint density at radius 1 is 1.35 bits per heavy atom. The van der Waals surface area contributed by atoms with Gasteiger partial charge in [-0.25, -0.2) is 0 Å². The van der Waals surface area contributed by atoms with Gasteiger partial charge < -0.3 is 0 Å². The molecule has 4 heteroatoms. The van der Waals surface area contributed by atoms with Crippen LogP contribution in [0.15, 0.2) is 24.4 Å². The van der Waals surface area contributed by atoms with E-state index in [2.05, 4.69) is 10.1 Å². The summed E-state index contributed by atoms with van der Waals surface area (Å²) in [6.45, 7) is 4.52. The van der Waals surface area contributed by atoms with Gasteiger partial charge in [-0.05, 0) is 26.0 Å². The summed E-state index contributed by atoms with van der Waals surface area (Å²) in [5.41, 5.74) is 3.45. The summed E-state index contributed by atoms with van der Waals surface area (Å²) in [4.78, 5) is 15.1. The average Bonchev–Trinajstić information content (AvgIpc) is 2.63. The standard InChI is InChI=1S/C13H15N3O/c1-10-13(9-17)11(2)16(15-10)8-6-12-5-3-4-7-14-12/h3-5,7,9H,6,8H2,1-2H3. The largest absolute Gasteiger partial charge is 0.298 e. The molecule has 0 N–H and O–H groups in total. The van der Waals surface area contributed by atoms with Crippen LogP contribution in [0.4, 0.5) is 0 Å². The van der Waals surface area contributed by atoms with Crippen LogP contribution in [0.3, 0.4) is 0 Å². The van der Waals surface area contributed by atoms with Crippen LogP contribution >= 0.6 is 0 Å². The lowest BCUT2D eigenvalue weighted by Gasteiger charge is -2.03. The molecule has 2 rings (SSSR count). The van der Waals surface area contributed by atoms with E-state index in [0.717, 1.165) is 36.3 Å². The van der Waals surface area contributed by atoms with E-state index in [-0.39, 0.29) is 0 Å². The molecule has 2 heterocycles. The predicted octanol–water partition coefficient (Wildman–Crippen LogP) is 1.95. The number of rotatable bonds is 4. The molecule has 0 bridgehead atoms. The van der Waals surface area contributed by atoms with Crippen LogP contribution < -0.4 is 0 Å². The smallest absolute Gasteiger partial charge is 0.153 e. The maximum atomic E-state index is 10.9. The lowest BCUT2D eigenvalue weighted by Crippen LogP contribution is -2.06. The minimum atomic E-state index is 0.700. The quantitative estimate of drug-likeness (QED) is 0.753. The lowest BCUT2D eigenvalue weighted by atomic mass is 10.2. The van der Waals surface area contributed by atoms with Gasteiger partial charge in [0.1, 0.15) is 0 Å². The first-order valence-corrected chi connectivity index (χ1v) is 5.61. The molecule has 0 amide bonds. The highest BCUT2D eigenvalue weighted by Gasteiger charge is 2.10. The van der Waals surface area contributed by atoms with E-state index in [4.69, 9.17) is 0 Å². The Morgan fingerprint density at radius 3 is 2.76 bits per heavy atom. The first kappa shape index (κ1) is 11.5. The molecule has 0 aromatic carbocycles. The topological polar surface area (TPSA) is 47.8 Å². The van der Waals surface area contributed by atoms with Gasteiger partial charge in [0.2, 0.25) is 0 Å². The van der Waals surface area contributed by atoms with Gasteiger partial charge in [0.05, 0.1) is 11.3 Å². The highest BCUT2D eigenvalue weighted by atomic mass is 16.1. The molecule has 0 atom stereocenters. The molecular weight excluding hydrogens is 214 g/mol. The predicted molar refractivity (Wildman–Crippen MR) is 65.0 cm³/mol. The second-order valence-corrected chi connectivity index (χ2v) is 4.00. The van der Waals surface area contributed by atoms with Gasteiger partial charge in [-0.1, -0.05) is 6.07 Å². The van der Waals surface area contributed by atoms with Crippen LogP contribution in [0.1, 0.15) is 27.4 Å². The van der Waals surface area contributed by atoms with Crippen LogP contribution in [-0.4, -0.2) is 21.1 Å². The fourth-order valence-corrected chi connectivity index (χ4v) is 1.87. The molecule has 0 radical (unpaired) electrons. The Morgan fingerprint density at radius 2 is 2.18 bits per heavy atom. The highest BCUT2D eigenvalue weighted by Crippen LogP contribution is 2.10. The van der Waals surface area contributed by atoms with Crippen molar-refractivity contribution in [1.82, 2.24) is 14.8 Å². The molecule has 2 aromatic rings. The molecule has 4 nitrogen and oxygen atoms in total. The number of hydrogen-bond donors (Lipinski definition) is 0. The van der Waals surface area contributed by atoms with Crippen molar-refractivity contribution in [1.29, 1.82) is 0 Å². The van der Waals surface area contributed by atoms with E-state index in [1.54, 1.807) is 6.20 Å². The van der Waals surface area contributed by atoms with Crippen molar-refractivity contribution < 1.29 is 4.79 Å². The summed E-state index contributed by atoms with van der Waals surface area (Å²) in [6, 6.07) is 5.87. The monoisotopic (exact) mass is 229 g/mol. The van der Waals surface area contributed by atoms with Crippen LogP contribution in [-0.2, 0) is 13.0 Å². The van der Waals surface area contributed by atoms with E-state index in [1.807, 2.05) is 36.7 Å². The Bertz CT molecular complexity index is 517. The zero-order chi connectivity index (χ0) is 12.3. The van der Waals surface area contributed by atoms with E-state index in [9.17, 15) is 4.79 Å². The Hall–Kier alpha value is -1.97. The van der Waals surface area contributed by atoms with Crippen LogP contribution in [0.5, 0.6) is 0 Å². The SMILES string of the molecule is Cc1nn(CCc2ccccn2)c(C)c1C=O. The van der Waals surface area contributed by atoms with E-state index >= 15 is 0 Å². The molecule has 2 aromatic heterocycles. The van der Waals surface area contributed by atoms with Gasteiger partial charge in [-0.3, -0.25) is 14.5 Å². The molecule has 0 aliphatic heterocycles. The van der Waals surface area contributed by atoms with Crippen molar-refractivity contribution in [3.63, 3.8) is 0 Å². The maximum absolute atomic E-state index is 10.9. The summed E-state index contributed by atoms with van der Waals surface area (Å²) in [7, 11) is 0. The molecule has 17 heavy (non-hydrogen) atoms. The summed E-state index contributed by atoms with van der Waals surface area (Å²) in [6.07, 6.45) is 3.48. The zero-order valence-electron chi connectivity index (χ0n) is 10.1. The van der Waals surface area contributed by atoms with Crippen LogP contribution in [0, 0.1) is 13.8 Å². The van der Waals surface area contributed by atoms with Crippen molar-refractivity contribution in [2.75, 3.05) is 0 Å². The van der Waals surface area contributed by atoms with Crippen LogP contribution in [0.25, 0.3) is 0 Å². The third-order valence-electron chi connectivity index (χ3n) is 2.86. The van der Waals surface area contributed by atoms with Gasteiger partial charge in [-0.2, -0.15) is 5.10 Å². The van der Waals surface area contributed by atoms with Crippen molar-refractivity contribution in [3.05, 3.63) is 47.0 Å². The minimum absolute atomic E-state index is 0.700. The molecule has 0 aliphatic carbocycles. The minimum Gasteiger partial charge on any atom is -0.298 e. The fraction of sp³-hybridized carbons (Fsp3) is 0.308. The zero-order valence-corrected chi connectivity index (χ0v) is 10.1. The van der Waals surface area contributed by atoms with E-state index < -0.39 is 0 Å². The Kier molecular flexibility index (Phi) is 3.32. The molecule has 0 fully saturated rings. The van der Waals surface area contributed by atoms with Gasteiger partial charge >= 0.3 is 0 Å². The summed E-state index contributed by atoms with van der Waals surface area (Å²) >= 11 is 0. The van der Waals surface area contributed by atoms with Crippen molar-refractivity contribution in [2.45, 2.75) is 26.8 Å². The number of nitrogens with zero attached hydrogens (tertiary/aromatic N) is 3. The van der Waals surface area contributed by atoms with E-state index in [0.29, 0.717) is 5.56 Å². The molecular formula is C13H15N3O. The number of carbonyl (C=O) groups excluding carboxylic acids is 1. The second-order valence-electron chi connectivity index (χ2n) is 4.00. The number of hydrogen-bond acceptors (Lipinski definition) is 3. The molecule has 0 saturated carbocycles. The number of carbonyl (C=O) groups is 1. The second kappa shape index (κ2) is 4.91. The molecule has 0 saturated heterocycles. The van der Waals surface area contributed by atoms with Crippen molar-refractivity contribution in [3.8, 4) is 0 Å². The van der Waals surface area contributed by atoms with Gasteiger partial charge in [0.15, 0.2) is 6.29 Å².